The van der Waals surface area contributed by atoms with E-state index in [0.29, 0.717) is 40.3 Å². The summed E-state index contributed by atoms with van der Waals surface area (Å²) < 4.78 is 11.2. The quantitative estimate of drug-likeness (QED) is 0.385. The molecule has 0 aliphatic rings. The molecule has 0 heterocycles. The molecule has 0 saturated carbocycles. The fourth-order valence-corrected chi connectivity index (χ4v) is 3.22. The molecular weight excluding hydrogens is 482 g/mol. The van der Waals surface area contributed by atoms with Crippen molar-refractivity contribution in [1.82, 2.24) is 10.6 Å². The lowest BCUT2D eigenvalue weighted by molar-refractivity contribution is 0.0919. The Balaban J connectivity index is 2.04. The van der Waals surface area contributed by atoms with Gasteiger partial charge in [-0.1, -0.05) is 12.1 Å². The summed E-state index contributed by atoms with van der Waals surface area (Å²) >= 11 is 8.67. The lowest BCUT2D eigenvalue weighted by atomic mass is 10.1. The fraction of sp³-hybridized carbons (Fsp3) is 0.318. The van der Waals surface area contributed by atoms with Crippen LogP contribution in [0.4, 0.5) is 5.69 Å². The second-order valence-electron chi connectivity index (χ2n) is 7.64. The van der Waals surface area contributed by atoms with Gasteiger partial charge in [-0.2, -0.15) is 0 Å². The topological polar surface area (TPSA) is 88.7 Å². The molecule has 2 aromatic rings. The van der Waals surface area contributed by atoms with E-state index in [1.807, 2.05) is 20.8 Å². The van der Waals surface area contributed by atoms with E-state index in [4.69, 9.17) is 21.7 Å². The molecule has 0 atom stereocenters. The summed E-state index contributed by atoms with van der Waals surface area (Å²) in [5.74, 6) is -0.0240. The van der Waals surface area contributed by atoms with Crippen molar-refractivity contribution >= 4 is 50.8 Å². The molecule has 2 amide bonds. The molecule has 0 saturated heterocycles. The Labute approximate surface area is 196 Å². The summed E-state index contributed by atoms with van der Waals surface area (Å²) in [5, 5.41) is 8.54. The van der Waals surface area contributed by atoms with Gasteiger partial charge in [-0.25, -0.2) is 0 Å². The van der Waals surface area contributed by atoms with Crippen LogP contribution in [-0.4, -0.2) is 42.8 Å². The maximum atomic E-state index is 12.6. The molecule has 2 rings (SSSR count). The average Bonchev–Trinajstić information content (AvgIpc) is 2.68. The molecular formula is C22H26BrN3O4S. The highest BCUT2D eigenvalue weighted by Gasteiger charge is 2.18. The molecule has 0 unspecified atom stereocenters. The third-order valence-corrected chi connectivity index (χ3v) is 4.70. The molecule has 0 fully saturated rings. The summed E-state index contributed by atoms with van der Waals surface area (Å²) in [7, 11) is 1.60. The van der Waals surface area contributed by atoms with Crippen molar-refractivity contribution in [3.05, 3.63) is 58.1 Å². The predicted octanol–water partition coefficient (Wildman–Crippen LogP) is 4.13. The molecule has 0 aliphatic carbocycles. The number of amides is 2. The second-order valence-corrected chi connectivity index (χ2v) is 8.91. The first-order valence-corrected chi connectivity index (χ1v) is 10.8. The van der Waals surface area contributed by atoms with E-state index in [1.165, 1.54) is 0 Å². The normalized spacial score (nSPS) is 10.9. The van der Waals surface area contributed by atoms with Gasteiger partial charge in [0, 0.05) is 18.2 Å². The van der Waals surface area contributed by atoms with E-state index in [2.05, 4.69) is 31.9 Å². The molecule has 3 N–H and O–H groups in total. The number of carbonyl (C=O) groups excluding carboxylic acids is 2. The Morgan fingerprint density at radius 2 is 1.77 bits per heavy atom. The molecule has 0 spiro atoms. The van der Waals surface area contributed by atoms with Crippen molar-refractivity contribution in [3.8, 4) is 5.75 Å². The van der Waals surface area contributed by atoms with Crippen molar-refractivity contribution in [1.29, 1.82) is 0 Å². The van der Waals surface area contributed by atoms with Gasteiger partial charge in [0.1, 0.15) is 12.4 Å². The molecule has 0 aromatic heterocycles. The van der Waals surface area contributed by atoms with Crippen LogP contribution in [0.25, 0.3) is 0 Å². The average molecular weight is 508 g/mol. The molecule has 2 aromatic carbocycles. The zero-order valence-electron chi connectivity index (χ0n) is 17.9. The van der Waals surface area contributed by atoms with E-state index in [9.17, 15) is 9.59 Å². The number of thiocarbonyl (C=S) groups is 1. The van der Waals surface area contributed by atoms with Crippen LogP contribution >= 0.6 is 28.1 Å². The largest absolute Gasteiger partial charge is 0.490 e. The van der Waals surface area contributed by atoms with Crippen LogP contribution in [-0.2, 0) is 4.74 Å². The summed E-state index contributed by atoms with van der Waals surface area (Å²) in [4.78, 5) is 25.1. The highest BCUT2D eigenvalue weighted by Crippen LogP contribution is 2.26. The highest BCUT2D eigenvalue weighted by molar-refractivity contribution is 9.10. The van der Waals surface area contributed by atoms with Gasteiger partial charge in [0.15, 0.2) is 5.11 Å². The van der Waals surface area contributed by atoms with E-state index in [0.717, 1.165) is 0 Å². The van der Waals surface area contributed by atoms with Gasteiger partial charge in [-0.05, 0) is 79.3 Å². The summed E-state index contributed by atoms with van der Waals surface area (Å²) in [5.41, 5.74) is 0.937. The number of halogens is 1. The smallest absolute Gasteiger partial charge is 0.257 e. The lowest BCUT2D eigenvalue weighted by Crippen LogP contribution is -2.41. The minimum absolute atomic E-state index is 0.0811. The van der Waals surface area contributed by atoms with Crippen molar-refractivity contribution in [3.63, 3.8) is 0 Å². The van der Waals surface area contributed by atoms with Gasteiger partial charge in [0.05, 0.1) is 22.3 Å². The van der Waals surface area contributed by atoms with Crippen LogP contribution in [0.1, 0.15) is 41.5 Å². The first-order valence-electron chi connectivity index (χ1n) is 9.56. The van der Waals surface area contributed by atoms with Crippen molar-refractivity contribution in [2.45, 2.75) is 26.3 Å². The molecule has 0 bridgehead atoms. The van der Waals surface area contributed by atoms with E-state index in [1.54, 1.807) is 49.6 Å². The Hall–Kier alpha value is -2.49. The molecule has 9 heteroatoms. The van der Waals surface area contributed by atoms with Crippen molar-refractivity contribution < 1.29 is 19.1 Å². The predicted molar refractivity (Wildman–Crippen MR) is 129 cm³/mol. The Morgan fingerprint density at radius 1 is 1.06 bits per heavy atom. The number of methoxy groups -OCH3 is 1. The van der Waals surface area contributed by atoms with Gasteiger partial charge in [0.25, 0.3) is 11.8 Å². The number of hydrogen-bond acceptors (Lipinski definition) is 5. The number of anilines is 1. The molecule has 7 nitrogen and oxygen atoms in total. The monoisotopic (exact) mass is 507 g/mol. The van der Waals surface area contributed by atoms with Crippen molar-refractivity contribution in [2.24, 2.45) is 0 Å². The number of rotatable bonds is 7. The van der Waals surface area contributed by atoms with E-state index in [-0.39, 0.29) is 16.6 Å². The molecule has 166 valence electrons. The van der Waals surface area contributed by atoms with Crippen LogP contribution in [0.2, 0.25) is 0 Å². The molecule has 0 radical (unpaired) electrons. The van der Waals surface area contributed by atoms with E-state index < -0.39 is 5.91 Å². The zero-order valence-corrected chi connectivity index (χ0v) is 20.3. The number of para-hydroxylation sites is 1. The maximum absolute atomic E-state index is 12.6. The van der Waals surface area contributed by atoms with Gasteiger partial charge < -0.3 is 20.1 Å². The van der Waals surface area contributed by atoms with Crippen LogP contribution in [0.5, 0.6) is 5.75 Å². The number of benzene rings is 2. The maximum Gasteiger partial charge on any atom is 0.257 e. The van der Waals surface area contributed by atoms with Crippen LogP contribution in [0.3, 0.4) is 0 Å². The van der Waals surface area contributed by atoms with Crippen LogP contribution in [0, 0.1) is 0 Å². The van der Waals surface area contributed by atoms with Gasteiger partial charge in [-0.3, -0.25) is 14.9 Å². The first kappa shape index (κ1) is 24.8. The van der Waals surface area contributed by atoms with Gasteiger partial charge >= 0.3 is 0 Å². The standard InChI is InChI=1S/C22H26BrN3O4S/c1-22(2,3)26-20(28)15-7-5-6-8-17(15)24-21(31)25-19(27)14-9-10-18(16(23)13-14)30-12-11-29-4/h5-10,13H,11-12H2,1-4H3,(H,26,28)(H2,24,25,27,31). The third-order valence-electron chi connectivity index (χ3n) is 3.87. The fourth-order valence-electron chi connectivity index (χ4n) is 2.52. The number of carbonyl (C=O) groups is 2. The Bertz CT molecular complexity index is 960. The van der Waals surface area contributed by atoms with Gasteiger partial charge in [-0.15, -0.1) is 0 Å². The summed E-state index contributed by atoms with van der Waals surface area (Å²) in [6.07, 6.45) is 0. The number of nitrogens with one attached hydrogen (secondary N) is 3. The van der Waals surface area contributed by atoms with Crippen molar-refractivity contribution in [2.75, 3.05) is 25.6 Å². The number of hydrogen-bond donors (Lipinski definition) is 3. The SMILES string of the molecule is COCCOc1ccc(C(=O)NC(=S)Nc2ccccc2C(=O)NC(C)(C)C)cc1Br. The highest BCUT2D eigenvalue weighted by atomic mass is 79.9. The first-order chi connectivity index (χ1) is 14.6. The minimum atomic E-state index is -0.390. The van der Waals surface area contributed by atoms with E-state index >= 15 is 0 Å². The molecule has 31 heavy (non-hydrogen) atoms. The minimum Gasteiger partial charge on any atom is -0.490 e. The lowest BCUT2D eigenvalue weighted by Gasteiger charge is -2.21. The Kier molecular flexibility index (Phi) is 8.97. The summed E-state index contributed by atoms with van der Waals surface area (Å²) in [6.45, 7) is 6.56. The van der Waals surface area contributed by atoms with Gasteiger partial charge in [0.2, 0.25) is 0 Å². The number of ether oxygens (including phenoxy) is 2. The zero-order chi connectivity index (χ0) is 23.0. The van der Waals surface area contributed by atoms with Crippen LogP contribution in [0.15, 0.2) is 46.9 Å². The second kappa shape index (κ2) is 11.2. The van der Waals surface area contributed by atoms with Crippen LogP contribution < -0.4 is 20.7 Å². The third kappa shape index (κ3) is 7.93. The Morgan fingerprint density at radius 3 is 2.42 bits per heavy atom. The molecule has 0 aliphatic heterocycles. The summed E-state index contributed by atoms with van der Waals surface area (Å²) in [6, 6.07) is 11.9.